The van der Waals surface area contributed by atoms with Crippen molar-refractivity contribution in [2.24, 2.45) is 0 Å². The van der Waals surface area contributed by atoms with Crippen LogP contribution in [0.1, 0.15) is 31.7 Å². The molecule has 0 spiro atoms. The summed E-state index contributed by atoms with van der Waals surface area (Å²) in [7, 11) is 0. The quantitative estimate of drug-likeness (QED) is 0.885. The molecule has 22 heavy (non-hydrogen) atoms. The highest BCUT2D eigenvalue weighted by molar-refractivity contribution is 5.92. The van der Waals surface area contributed by atoms with Crippen LogP contribution in [0.4, 0.5) is 5.69 Å². The molecule has 1 saturated heterocycles. The smallest absolute Gasteiger partial charge is 0.336 e. The molecule has 2 heterocycles. The van der Waals surface area contributed by atoms with Crippen molar-refractivity contribution in [1.82, 2.24) is 4.90 Å². The Balaban J connectivity index is 1.95. The van der Waals surface area contributed by atoms with E-state index >= 15 is 0 Å². The van der Waals surface area contributed by atoms with E-state index in [4.69, 9.17) is 4.42 Å². The van der Waals surface area contributed by atoms with E-state index in [9.17, 15) is 9.59 Å². The van der Waals surface area contributed by atoms with Crippen molar-refractivity contribution in [1.29, 1.82) is 0 Å². The highest BCUT2D eigenvalue weighted by Gasteiger charge is 2.14. The maximum atomic E-state index is 11.8. The Morgan fingerprint density at radius 1 is 1.23 bits per heavy atom. The standard InChI is InChI=1S/C17H20N2O3/c1-12(20)18-14-5-6-15-13(9-17(21)22-16(15)10-14)11-19-7-3-2-4-8-19/h5-6,9-10H,2-4,7-8,11H2,1H3,(H,18,20). The predicted molar refractivity (Wildman–Crippen MR) is 85.9 cm³/mol. The van der Waals surface area contributed by atoms with Crippen molar-refractivity contribution in [3.8, 4) is 0 Å². The van der Waals surface area contributed by atoms with E-state index in [0.29, 0.717) is 11.3 Å². The van der Waals surface area contributed by atoms with Crippen LogP contribution in [0.15, 0.2) is 33.5 Å². The Morgan fingerprint density at radius 3 is 2.73 bits per heavy atom. The van der Waals surface area contributed by atoms with Crippen molar-refractivity contribution in [3.05, 3.63) is 40.2 Å². The lowest BCUT2D eigenvalue weighted by molar-refractivity contribution is -0.114. The van der Waals surface area contributed by atoms with E-state index in [0.717, 1.165) is 30.6 Å². The number of nitrogens with zero attached hydrogens (tertiary/aromatic N) is 1. The third kappa shape index (κ3) is 3.36. The molecule has 0 aliphatic carbocycles. The van der Waals surface area contributed by atoms with Crippen LogP contribution in [0.25, 0.3) is 11.0 Å². The zero-order valence-electron chi connectivity index (χ0n) is 12.7. The van der Waals surface area contributed by atoms with Crippen molar-refractivity contribution in [2.75, 3.05) is 18.4 Å². The van der Waals surface area contributed by atoms with Gasteiger partial charge in [0.25, 0.3) is 0 Å². The third-order valence-electron chi connectivity index (χ3n) is 3.99. The first kappa shape index (κ1) is 14.8. The minimum Gasteiger partial charge on any atom is -0.423 e. The van der Waals surface area contributed by atoms with Crippen molar-refractivity contribution in [2.45, 2.75) is 32.7 Å². The zero-order chi connectivity index (χ0) is 15.5. The average Bonchev–Trinajstić information content (AvgIpc) is 2.47. The molecule has 3 rings (SSSR count). The van der Waals surface area contributed by atoms with Crippen LogP contribution in [0, 0.1) is 0 Å². The molecule has 0 bridgehead atoms. The number of rotatable bonds is 3. The summed E-state index contributed by atoms with van der Waals surface area (Å²) in [5, 5.41) is 3.64. The number of anilines is 1. The van der Waals surface area contributed by atoms with Gasteiger partial charge in [0.2, 0.25) is 5.91 Å². The van der Waals surface area contributed by atoms with E-state index in [1.165, 1.54) is 26.2 Å². The van der Waals surface area contributed by atoms with Crippen molar-refractivity contribution < 1.29 is 9.21 Å². The van der Waals surface area contributed by atoms with Gasteiger partial charge in [-0.25, -0.2) is 4.79 Å². The summed E-state index contributed by atoms with van der Waals surface area (Å²) < 4.78 is 5.29. The van der Waals surface area contributed by atoms with Crippen LogP contribution < -0.4 is 10.9 Å². The summed E-state index contributed by atoms with van der Waals surface area (Å²) in [6.07, 6.45) is 3.71. The second-order valence-corrected chi connectivity index (χ2v) is 5.82. The molecule has 1 aromatic carbocycles. The molecule has 1 aliphatic heterocycles. The molecule has 1 fully saturated rings. The SMILES string of the molecule is CC(=O)Nc1ccc2c(CN3CCCCC3)cc(=O)oc2c1. The molecule has 1 amide bonds. The Bertz CT molecular complexity index is 745. The molecule has 2 aromatic rings. The number of hydrogen-bond donors (Lipinski definition) is 1. The normalized spacial score (nSPS) is 15.9. The minimum absolute atomic E-state index is 0.147. The molecule has 0 atom stereocenters. The number of hydrogen-bond acceptors (Lipinski definition) is 4. The van der Waals surface area contributed by atoms with Crippen molar-refractivity contribution >= 4 is 22.6 Å². The van der Waals surface area contributed by atoms with Gasteiger partial charge in [-0.15, -0.1) is 0 Å². The van der Waals surface area contributed by atoms with E-state index in [1.54, 1.807) is 12.1 Å². The fraction of sp³-hybridized carbons (Fsp3) is 0.412. The van der Waals surface area contributed by atoms with Gasteiger partial charge in [-0.2, -0.15) is 0 Å². The highest BCUT2D eigenvalue weighted by Crippen LogP contribution is 2.23. The monoisotopic (exact) mass is 300 g/mol. The Labute approximate surface area is 128 Å². The molecular formula is C17H20N2O3. The molecular weight excluding hydrogens is 280 g/mol. The summed E-state index contributed by atoms with van der Waals surface area (Å²) >= 11 is 0. The second-order valence-electron chi connectivity index (χ2n) is 5.82. The number of carbonyl (C=O) groups excluding carboxylic acids is 1. The molecule has 1 aliphatic rings. The van der Waals surface area contributed by atoms with Gasteiger partial charge in [-0.1, -0.05) is 6.42 Å². The Hall–Kier alpha value is -2.14. The number of piperidine rings is 1. The molecule has 5 nitrogen and oxygen atoms in total. The van der Waals surface area contributed by atoms with Gasteiger partial charge in [0, 0.05) is 36.7 Å². The number of benzene rings is 1. The topological polar surface area (TPSA) is 62.6 Å². The van der Waals surface area contributed by atoms with E-state index in [-0.39, 0.29) is 11.5 Å². The second kappa shape index (κ2) is 6.32. The summed E-state index contributed by atoms with van der Waals surface area (Å²) in [6.45, 7) is 4.37. The Kier molecular flexibility index (Phi) is 4.24. The lowest BCUT2D eigenvalue weighted by Gasteiger charge is -2.26. The molecule has 0 unspecified atom stereocenters. The third-order valence-corrected chi connectivity index (χ3v) is 3.99. The van der Waals surface area contributed by atoms with Gasteiger partial charge in [-0.3, -0.25) is 9.69 Å². The fourth-order valence-electron chi connectivity index (χ4n) is 3.00. The van der Waals surface area contributed by atoms with Gasteiger partial charge >= 0.3 is 5.63 Å². The molecule has 1 N–H and O–H groups in total. The molecule has 0 saturated carbocycles. The van der Waals surface area contributed by atoms with Crippen LogP contribution in [0.5, 0.6) is 0 Å². The van der Waals surface area contributed by atoms with Crippen LogP contribution in [0.3, 0.4) is 0 Å². The van der Waals surface area contributed by atoms with Crippen LogP contribution in [-0.2, 0) is 11.3 Å². The maximum Gasteiger partial charge on any atom is 0.336 e. The summed E-state index contributed by atoms with van der Waals surface area (Å²) in [4.78, 5) is 25.3. The summed E-state index contributed by atoms with van der Waals surface area (Å²) in [5.74, 6) is -0.147. The number of carbonyl (C=O) groups is 1. The number of nitrogens with one attached hydrogen (secondary N) is 1. The minimum atomic E-state index is -0.348. The van der Waals surface area contributed by atoms with Crippen LogP contribution in [-0.4, -0.2) is 23.9 Å². The van der Waals surface area contributed by atoms with E-state index < -0.39 is 0 Å². The largest absolute Gasteiger partial charge is 0.423 e. The molecule has 1 aromatic heterocycles. The number of likely N-dealkylation sites (tertiary alicyclic amines) is 1. The van der Waals surface area contributed by atoms with Crippen molar-refractivity contribution in [3.63, 3.8) is 0 Å². The molecule has 5 heteroatoms. The lowest BCUT2D eigenvalue weighted by atomic mass is 10.1. The first-order valence-corrected chi connectivity index (χ1v) is 7.68. The van der Waals surface area contributed by atoms with Gasteiger partial charge in [-0.05, 0) is 43.6 Å². The summed E-state index contributed by atoms with van der Waals surface area (Å²) in [5.41, 5.74) is 1.80. The highest BCUT2D eigenvalue weighted by atomic mass is 16.4. The van der Waals surface area contributed by atoms with Crippen LogP contribution >= 0.6 is 0 Å². The van der Waals surface area contributed by atoms with E-state index in [1.807, 2.05) is 12.1 Å². The average molecular weight is 300 g/mol. The number of amides is 1. The fourth-order valence-corrected chi connectivity index (χ4v) is 3.00. The van der Waals surface area contributed by atoms with Gasteiger partial charge in [0.15, 0.2) is 0 Å². The lowest BCUT2D eigenvalue weighted by Crippen LogP contribution is -2.29. The van der Waals surface area contributed by atoms with E-state index in [2.05, 4.69) is 10.2 Å². The van der Waals surface area contributed by atoms with Crippen LogP contribution in [0.2, 0.25) is 0 Å². The Morgan fingerprint density at radius 2 is 2.00 bits per heavy atom. The number of fused-ring (bicyclic) bond motifs is 1. The zero-order valence-corrected chi connectivity index (χ0v) is 12.7. The van der Waals surface area contributed by atoms with Gasteiger partial charge in [0.1, 0.15) is 5.58 Å². The van der Waals surface area contributed by atoms with Gasteiger partial charge in [0.05, 0.1) is 0 Å². The first-order chi connectivity index (χ1) is 10.6. The predicted octanol–water partition coefficient (Wildman–Crippen LogP) is 2.74. The summed E-state index contributed by atoms with van der Waals surface area (Å²) in [6, 6.07) is 7.03. The molecule has 0 radical (unpaired) electrons. The maximum absolute atomic E-state index is 11.8. The van der Waals surface area contributed by atoms with Gasteiger partial charge < -0.3 is 9.73 Å². The first-order valence-electron chi connectivity index (χ1n) is 7.68. The molecule has 116 valence electrons.